The van der Waals surface area contributed by atoms with E-state index in [0.717, 1.165) is 0 Å². The van der Waals surface area contributed by atoms with Crippen molar-refractivity contribution in [2.75, 3.05) is 11.5 Å². The van der Waals surface area contributed by atoms with Crippen molar-refractivity contribution in [2.45, 2.75) is 5.25 Å². The first kappa shape index (κ1) is 5.19. The summed E-state index contributed by atoms with van der Waals surface area (Å²) in [5, 5.41) is 0.667. The highest BCUT2D eigenvalue weighted by Gasteiger charge is 2.09. The van der Waals surface area contributed by atoms with Crippen molar-refractivity contribution in [3.63, 3.8) is 0 Å². The molecule has 0 nitrogen and oxygen atoms in total. The summed E-state index contributed by atoms with van der Waals surface area (Å²) in [6.45, 7) is 0. The average molecular weight is 138 g/mol. The minimum atomic E-state index is 0.667. The predicted molar refractivity (Wildman–Crippen MR) is 37.7 cm³/mol. The molecule has 0 unspecified atom stereocenters. The van der Waals surface area contributed by atoms with Crippen LogP contribution >= 0.6 is 34.2 Å². The third kappa shape index (κ3) is 1.28. The molecule has 0 spiro atoms. The van der Waals surface area contributed by atoms with Gasteiger partial charge in [-0.3, -0.25) is 0 Å². The largest absolute Gasteiger partial charge is 0.174 e. The van der Waals surface area contributed by atoms with Crippen molar-refractivity contribution < 1.29 is 0 Å². The normalized spacial score (nSPS) is 25.5. The van der Waals surface area contributed by atoms with Crippen LogP contribution in [-0.2, 0) is 0 Å². The summed E-state index contributed by atoms with van der Waals surface area (Å²) < 4.78 is 0. The number of hydrogen-bond acceptors (Lipinski definition) is 3. The van der Waals surface area contributed by atoms with Crippen LogP contribution in [0.25, 0.3) is 0 Å². The molecular formula is C3H6S3. The van der Waals surface area contributed by atoms with E-state index in [0.29, 0.717) is 5.25 Å². The van der Waals surface area contributed by atoms with E-state index in [4.69, 9.17) is 0 Å². The smallest absolute Gasteiger partial charge is 0.0215 e. The molecule has 1 rings (SSSR count). The monoisotopic (exact) mass is 138 g/mol. The maximum absolute atomic E-state index is 4.25. The number of rotatable bonds is 0. The Labute approximate surface area is 51.3 Å². The first-order chi connectivity index (χ1) is 2.89. The molecule has 1 aliphatic heterocycles. The standard InChI is InChI=1S/C3H6S3/c4-3-1-5-6-2-3/h3-4H,1-2H2. The van der Waals surface area contributed by atoms with Gasteiger partial charge in [-0.2, -0.15) is 12.6 Å². The first-order valence-electron chi connectivity index (χ1n) is 1.82. The van der Waals surface area contributed by atoms with E-state index in [9.17, 15) is 0 Å². The fraction of sp³-hybridized carbons (Fsp3) is 1.00. The molecule has 0 aromatic carbocycles. The molecule has 1 saturated heterocycles. The van der Waals surface area contributed by atoms with Gasteiger partial charge in [0.1, 0.15) is 0 Å². The zero-order chi connectivity index (χ0) is 4.41. The summed E-state index contributed by atoms with van der Waals surface area (Å²) in [6, 6.07) is 0. The topological polar surface area (TPSA) is 0 Å². The maximum Gasteiger partial charge on any atom is 0.0215 e. The Bertz CT molecular complexity index is 39.3. The van der Waals surface area contributed by atoms with Crippen LogP contribution in [0.15, 0.2) is 0 Å². The van der Waals surface area contributed by atoms with Gasteiger partial charge in [0, 0.05) is 16.8 Å². The van der Waals surface area contributed by atoms with Crippen LogP contribution < -0.4 is 0 Å². The van der Waals surface area contributed by atoms with Crippen molar-refractivity contribution >= 4 is 34.2 Å². The lowest BCUT2D eigenvalue weighted by Crippen LogP contribution is -1.95. The molecule has 0 saturated carbocycles. The molecule has 3 heteroatoms. The van der Waals surface area contributed by atoms with Gasteiger partial charge in [0.05, 0.1) is 0 Å². The molecule has 1 fully saturated rings. The van der Waals surface area contributed by atoms with Gasteiger partial charge in [0.15, 0.2) is 0 Å². The Balaban J connectivity index is 2.18. The summed E-state index contributed by atoms with van der Waals surface area (Å²) in [5.41, 5.74) is 0. The molecule has 0 amide bonds. The van der Waals surface area contributed by atoms with Crippen LogP contribution in [-0.4, -0.2) is 16.8 Å². The minimum Gasteiger partial charge on any atom is -0.174 e. The molecule has 0 aromatic rings. The van der Waals surface area contributed by atoms with Crippen molar-refractivity contribution in [1.29, 1.82) is 0 Å². The van der Waals surface area contributed by atoms with Crippen molar-refractivity contribution in [2.24, 2.45) is 0 Å². The summed E-state index contributed by atoms with van der Waals surface area (Å²) in [5.74, 6) is 2.46. The maximum atomic E-state index is 4.25. The SMILES string of the molecule is SC1CSSC1. The fourth-order valence-corrected chi connectivity index (χ4v) is 3.81. The second kappa shape index (κ2) is 2.38. The molecule has 6 heavy (non-hydrogen) atoms. The van der Waals surface area contributed by atoms with E-state index in [-0.39, 0.29) is 0 Å². The van der Waals surface area contributed by atoms with Crippen LogP contribution in [0.4, 0.5) is 0 Å². The fourth-order valence-electron chi connectivity index (χ4n) is 0.301. The van der Waals surface area contributed by atoms with Gasteiger partial charge >= 0.3 is 0 Å². The summed E-state index contributed by atoms with van der Waals surface area (Å²) in [7, 11) is 3.84. The molecule has 0 radical (unpaired) electrons. The molecule has 36 valence electrons. The van der Waals surface area contributed by atoms with Crippen molar-refractivity contribution in [3.05, 3.63) is 0 Å². The highest BCUT2D eigenvalue weighted by Crippen LogP contribution is 2.32. The highest BCUT2D eigenvalue weighted by atomic mass is 33.1. The van der Waals surface area contributed by atoms with Crippen molar-refractivity contribution in [3.8, 4) is 0 Å². The van der Waals surface area contributed by atoms with Gasteiger partial charge < -0.3 is 0 Å². The van der Waals surface area contributed by atoms with Crippen LogP contribution in [0.5, 0.6) is 0 Å². The van der Waals surface area contributed by atoms with Crippen LogP contribution in [0.1, 0.15) is 0 Å². The Morgan fingerprint density at radius 1 is 1.33 bits per heavy atom. The zero-order valence-corrected chi connectivity index (χ0v) is 5.78. The molecule has 0 bridgehead atoms. The van der Waals surface area contributed by atoms with Gasteiger partial charge in [-0.1, -0.05) is 21.6 Å². The van der Waals surface area contributed by atoms with E-state index in [1.54, 1.807) is 0 Å². The van der Waals surface area contributed by atoms with E-state index < -0.39 is 0 Å². The van der Waals surface area contributed by atoms with Crippen LogP contribution in [0.3, 0.4) is 0 Å². The van der Waals surface area contributed by atoms with Crippen molar-refractivity contribution in [1.82, 2.24) is 0 Å². The zero-order valence-electron chi connectivity index (χ0n) is 3.26. The second-order valence-corrected chi connectivity index (χ2v) is 4.51. The molecule has 0 aromatic heterocycles. The summed E-state index contributed by atoms with van der Waals surface area (Å²) >= 11 is 4.25. The molecule has 0 N–H and O–H groups in total. The number of thiol groups is 1. The quantitative estimate of drug-likeness (QED) is 0.399. The van der Waals surface area contributed by atoms with Crippen LogP contribution in [0, 0.1) is 0 Å². The summed E-state index contributed by atoms with van der Waals surface area (Å²) in [6.07, 6.45) is 0. The van der Waals surface area contributed by atoms with Gasteiger partial charge in [-0.15, -0.1) is 0 Å². The van der Waals surface area contributed by atoms with E-state index in [1.807, 2.05) is 21.6 Å². The molecule has 0 atom stereocenters. The first-order valence-corrected chi connectivity index (χ1v) is 4.82. The van der Waals surface area contributed by atoms with E-state index >= 15 is 0 Å². The lowest BCUT2D eigenvalue weighted by molar-refractivity contribution is 1.18. The Hall–Kier alpha value is 1.05. The molecular weight excluding hydrogens is 132 g/mol. The minimum absolute atomic E-state index is 0.667. The Morgan fingerprint density at radius 2 is 1.83 bits per heavy atom. The second-order valence-electron chi connectivity index (χ2n) is 1.22. The predicted octanol–water partition coefficient (Wildman–Crippen LogP) is 1.68. The van der Waals surface area contributed by atoms with E-state index in [2.05, 4.69) is 12.6 Å². The summed E-state index contributed by atoms with van der Waals surface area (Å²) in [4.78, 5) is 0. The third-order valence-corrected chi connectivity index (χ3v) is 4.02. The van der Waals surface area contributed by atoms with Gasteiger partial charge in [-0.25, -0.2) is 0 Å². The highest BCUT2D eigenvalue weighted by molar-refractivity contribution is 8.77. The lowest BCUT2D eigenvalue weighted by Gasteiger charge is -1.87. The molecule has 1 aliphatic rings. The van der Waals surface area contributed by atoms with E-state index in [1.165, 1.54) is 11.5 Å². The Kier molecular flexibility index (Phi) is 2.06. The molecule has 1 heterocycles. The van der Waals surface area contributed by atoms with Gasteiger partial charge in [0.2, 0.25) is 0 Å². The average Bonchev–Trinajstić information content (AvgIpc) is 1.86. The van der Waals surface area contributed by atoms with Gasteiger partial charge in [-0.05, 0) is 0 Å². The third-order valence-electron chi connectivity index (χ3n) is 0.604. The van der Waals surface area contributed by atoms with Crippen LogP contribution in [0.2, 0.25) is 0 Å². The number of hydrogen-bond donors (Lipinski definition) is 1. The Morgan fingerprint density at radius 3 is 2.00 bits per heavy atom. The lowest BCUT2D eigenvalue weighted by atomic mass is 10.6. The van der Waals surface area contributed by atoms with Gasteiger partial charge in [0.25, 0.3) is 0 Å². The molecule has 0 aliphatic carbocycles.